The maximum atomic E-state index is 12.2. The van der Waals surface area contributed by atoms with E-state index < -0.39 is 28.7 Å². The summed E-state index contributed by atoms with van der Waals surface area (Å²) < 4.78 is 20.2. The molecule has 0 fully saturated rings. The van der Waals surface area contributed by atoms with Gasteiger partial charge in [0.1, 0.15) is 6.07 Å². The number of esters is 4. The third kappa shape index (κ3) is 11.3. The Morgan fingerprint density at radius 1 is 0.691 bits per heavy atom. The van der Waals surface area contributed by atoms with E-state index in [0.29, 0.717) is 46.2 Å². The quantitative estimate of drug-likeness (QED) is 0.115. The molecule has 0 aliphatic heterocycles. The van der Waals surface area contributed by atoms with Gasteiger partial charge in [0, 0.05) is 43.5 Å². The van der Waals surface area contributed by atoms with Crippen molar-refractivity contribution in [1.82, 2.24) is 0 Å². The van der Waals surface area contributed by atoms with Crippen LogP contribution in [-0.4, -0.2) is 57.2 Å². The highest BCUT2D eigenvalue weighted by Gasteiger charge is 2.25. The molecule has 4 rings (SSSR count). The van der Waals surface area contributed by atoms with E-state index in [-0.39, 0.29) is 25.2 Å². The number of nitriles is 1. The molecule has 292 valence electrons. The zero-order chi connectivity index (χ0) is 41.2. The Morgan fingerprint density at radius 2 is 1.11 bits per heavy atom. The molecule has 2 N–H and O–H groups in total. The molecule has 1 amide bonds. The van der Waals surface area contributed by atoms with Crippen LogP contribution in [0.1, 0.15) is 99.1 Å². The minimum atomic E-state index is -0.590. The smallest absolute Gasteiger partial charge is 0.338 e. The number of amides is 1. The van der Waals surface area contributed by atoms with Crippen LogP contribution in [0.4, 0.5) is 0 Å². The molecule has 0 unspecified atom stereocenters. The van der Waals surface area contributed by atoms with Crippen LogP contribution in [0.25, 0.3) is 20.9 Å². The van der Waals surface area contributed by atoms with Crippen LogP contribution < -0.4 is 5.73 Å². The molecule has 0 saturated carbocycles. The fourth-order valence-corrected chi connectivity index (χ4v) is 7.32. The number of nitrogens with two attached hydrogens (primary N) is 1. The average Bonchev–Trinajstić information content (AvgIpc) is 3.72. The predicted molar refractivity (Wildman–Crippen MR) is 213 cm³/mol. The van der Waals surface area contributed by atoms with Crippen LogP contribution in [0.2, 0.25) is 0 Å². The van der Waals surface area contributed by atoms with Crippen LogP contribution in [0.3, 0.4) is 0 Å². The summed E-state index contributed by atoms with van der Waals surface area (Å²) in [6.45, 7) is 14.8. The number of benzene rings is 2. The lowest BCUT2D eigenvalue weighted by atomic mass is 9.96. The first-order valence-electron chi connectivity index (χ1n) is 17.4. The number of carbonyl (C=O) groups is 5. The third-order valence-electron chi connectivity index (χ3n) is 8.27. The second kappa shape index (κ2) is 18.8. The number of thiophene rings is 2. The van der Waals surface area contributed by atoms with Crippen LogP contribution in [0, 0.1) is 36.0 Å². The van der Waals surface area contributed by atoms with Crippen LogP contribution >= 0.6 is 22.7 Å². The summed E-state index contributed by atoms with van der Waals surface area (Å²) in [6.07, 6.45) is 0.814. The largest absolute Gasteiger partial charge is 0.465 e. The monoisotopic (exact) mass is 788 g/mol. The molecular weight excluding hydrogens is 741 g/mol. The molecule has 0 radical (unpaired) electrons. The summed E-state index contributed by atoms with van der Waals surface area (Å²) >= 11 is 2.83. The SMILES string of the molecule is COC(=O)c1cc(-c2cccc(CCOC(=O)C(C)(C)C)c2C#N)sc1C.COC(=O)c1cc(-c2cccc(CCOC(=O)C(C)(C)C)c2C(N)=O)sc1C. The summed E-state index contributed by atoms with van der Waals surface area (Å²) in [4.78, 5) is 63.0. The van der Waals surface area contributed by atoms with Crippen LogP contribution in [-0.2, 0) is 41.4 Å². The third-order valence-corrected chi connectivity index (χ3v) is 10.4. The Labute approximate surface area is 330 Å². The summed E-state index contributed by atoms with van der Waals surface area (Å²) in [6, 6.07) is 16.7. The van der Waals surface area contributed by atoms with Crippen LogP contribution in [0.15, 0.2) is 48.5 Å². The Bertz CT molecular complexity index is 2110. The maximum Gasteiger partial charge on any atom is 0.338 e. The number of hydrogen-bond donors (Lipinski definition) is 1. The van der Waals surface area contributed by atoms with Crippen molar-refractivity contribution in [2.45, 2.75) is 68.2 Å². The fraction of sp³-hybridized carbons (Fsp3) is 0.381. The lowest BCUT2D eigenvalue weighted by molar-refractivity contribution is -0.153. The van der Waals surface area contributed by atoms with Gasteiger partial charge in [0.15, 0.2) is 0 Å². The summed E-state index contributed by atoms with van der Waals surface area (Å²) in [5.41, 5.74) is 9.28. The predicted octanol–water partition coefficient (Wildman–Crippen LogP) is 8.25. The van der Waals surface area contributed by atoms with E-state index in [2.05, 4.69) is 6.07 Å². The van der Waals surface area contributed by atoms with Gasteiger partial charge in [0.25, 0.3) is 0 Å². The molecule has 0 atom stereocenters. The first-order chi connectivity index (χ1) is 25.7. The van der Waals surface area contributed by atoms with Gasteiger partial charge in [-0.2, -0.15) is 5.26 Å². The van der Waals surface area contributed by atoms with Crippen molar-refractivity contribution in [3.05, 3.63) is 91.7 Å². The van der Waals surface area contributed by atoms with Gasteiger partial charge < -0.3 is 24.7 Å². The number of aryl methyl sites for hydroxylation is 2. The Morgan fingerprint density at radius 3 is 1.53 bits per heavy atom. The molecule has 11 nitrogen and oxygen atoms in total. The first kappa shape index (κ1) is 44.1. The number of primary amides is 1. The van der Waals surface area contributed by atoms with Crippen molar-refractivity contribution in [2.24, 2.45) is 16.6 Å². The van der Waals surface area contributed by atoms with Gasteiger partial charge in [-0.3, -0.25) is 14.4 Å². The van der Waals surface area contributed by atoms with Gasteiger partial charge in [0.05, 0.1) is 60.5 Å². The lowest BCUT2D eigenvalue weighted by Gasteiger charge is -2.17. The highest BCUT2D eigenvalue weighted by molar-refractivity contribution is 7.16. The van der Waals surface area contributed by atoms with Crippen molar-refractivity contribution in [1.29, 1.82) is 5.26 Å². The number of carbonyl (C=O) groups excluding carboxylic acids is 5. The van der Waals surface area contributed by atoms with E-state index >= 15 is 0 Å². The van der Waals surface area contributed by atoms with E-state index in [0.717, 1.165) is 30.6 Å². The van der Waals surface area contributed by atoms with E-state index in [1.54, 1.807) is 65.8 Å². The van der Waals surface area contributed by atoms with Crippen LogP contribution in [0.5, 0.6) is 0 Å². The van der Waals surface area contributed by atoms with Gasteiger partial charge in [0.2, 0.25) is 5.91 Å². The second-order valence-corrected chi connectivity index (χ2v) is 17.1. The van der Waals surface area contributed by atoms with Gasteiger partial charge in [-0.1, -0.05) is 36.4 Å². The first-order valence-corrected chi connectivity index (χ1v) is 19.0. The molecule has 13 heteroatoms. The van der Waals surface area contributed by atoms with E-state index in [4.69, 9.17) is 24.7 Å². The van der Waals surface area contributed by atoms with E-state index in [1.165, 1.54) is 36.9 Å². The summed E-state index contributed by atoms with van der Waals surface area (Å²) in [5.74, 6) is -1.96. The molecule has 0 aliphatic rings. The van der Waals surface area contributed by atoms with Crippen molar-refractivity contribution >= 4 is 52.5 Å². The van der Waals surface area contributed by atoms with Crippen molar-refractivity contribution in [2.75, 3.05) is 27.4 Å². The minimum absolute atomic E-state index is 0.150. The second-order valence-electron chi connectivity index (χ2n) is 14.6. The lowest BCUT2D eigenvalue weighted by Crippen LogP contribution is -2.24. The number of nitrogens with zero attached hydrogens (tertiary/aromatic N) is 1. The van der Waals surface area contributed by atoms with Crippen molar-refractivity contribution < 1.29 is 42.9 Å². The minimum Gasteiger partial charge on any atom is -0.465 e. The van der Waals surface area contributed by atoms with Gasteiger partial charge in [-0.25, -0.2) is 9.59 Å². The molecule has 0 bridgehead atoms. The molecule has 4 aromatic rings. The molecule has 2 aromatic carbocycles. The zero-order valence-corrected chi connectivity index (χ0v) is 34.6. The molecule has 0 spiro atoms. The summed E-state index contributed by atoms with van der Waals surface area (Å²) in [7, 11) is 2.67. The molecular formula is C42H48N2O9S2. The number of methoxy groups -OCH3 is 2. The molecule has 55 heavy (non-hydrogen) atoms. The van der Waals surface area contributed by atoms with Gasteiger partial charge in [-0.05, 0) is 78.6 Å². The summed E-state index contributed by atoms with van der Waals surface area (Å²) in [5, 5.41) is 9.69. The highest BCUT2D eigenvalue weighted by Crippen LogP contribution is 2.36. The Balaban J connectivity index is 0.000000296. The number of hydrogen-bond acceptors (Lipinski definition) is 12. The normalized spacial score (nSPS) is 11.1. The molecule has 2 heterocycles. The number of rotatable bonds is 11. The highest BCUT2D eigenvalue weighted by atomic mass is 32.1. The van der Waals surface area contributed by atoms with Crippen molar-refractivity contribution in [3.63, 3.8) is 0 Å². The molecule has 2 aromatic heterocycles. The zero-order valence-electron chi connectivity index (χ0n) is 33.0. The Kier molecular flexibility index (Phi) is 15.1. The van der Waals surface area contributed by atoms with E-state index in [9.17, 15) is 29.2 Å². The van der Waals surface area contributed by atoms with Gasteiger partial charge in [-0.15, -0.1) is 22.7 Å². The van der Waals surface area contributed by atoms with Crippen molar-refractivity contribution in [3.8, 4) is 27.0 Å². The molecule has 0 saturated heterocycles. The number of ether oxygens (including phenoxy) is 4. The fourth-order valence-electron chi connectivity index (χ4n) is 5.25. The topological polar surface area (TPSA) is 172 Å². The maximum absolute atomic E-state index is 12.2. The van der Waals surface area contributed by atoms with E-state index in [1.807, 2.05) is 38.1 Å². The Hall–Kier alpha value is -5.32. The average molecular weight is 789 g/mol. The standard InChI is InChI=1S/C21H25NO5S.C21H23NO4S/c1-12-15(19(24)26-5)11-16(28-12)14-8-6-7-13(17(14)18(22)23)9-10-27-20(25)21(2,3)4;1-13-16(19(23)25-5)11-18(27-13)15-8-6-7-14(17(15)12-22)9-10-26-20(24)21(2,3)4/h6-8,11H,9-10H2,1-5H3,(H2,22,23);6-8,11H,9-10H2,1-5H3. The molecule has 0 aliphatic carbocycles. The van der Waals surface area contributed by atoms with Gasteiger partial charge >= 0.3 is 23.9 Å².